The van der Waals surface area contributed by atoms with Gasteiger partial charge in [0.1, 0.15) is 6.04 Å². The van der Waals surface area contributed by atoms with Crippen molar-refractivity contribution in [1.29, 1.82) is 0 Å². The van der Waals surface area contributed by atoms with Crippen LogP contribution in [0.3, 0.4) is 0 Å². The molecule has 0 aromatic carbocycles. The molecule has 2 aliphatic heterocycles. The summed E-state index contributed by atoms with van der Waals surface area (Å²) in [4.78, 5) is 24.3. The van der Waals surface area contributed by atoms with Crippen LogP contribution in [0.2, 0.25) is 0 Å². The van der Waals surface area contributed by atoms with E-state index in [2.05, 4.69) is 5.32 Å². The molecule has 2 saturated heterocycles. The lowest BCUT2D eigenvalue weighted by Gasteiger charge is -2.39. The van der Waals surface area contributed by atoms with Gasteiger partial charge in [0.15, 0.2) is 0 Å². The zero-order chi connectivity index (χ0) is 10.8. The standard InChI is InChI=1S/C10H17N3O2/c11-10(15)8-3-5-13(8)9(14)6-7-2-1-4-12-7/h7-8,12H,1-6H2,(H2,11,15)/t7-,8?/m1/s1. The van der Waals surface area contributed by atoms with E-state index in [9.17, 15) is 9.59 Å². The predicted molar refractivity (Wildman–Crippen MR) is 55.0 cm³/mol. The van der Waals surface area contributed by atoms with Crippen molar-refractivity contribution in [3.05, 3.63) is 0 Å². The summed E-state index contributed by atoms with van der Waals surface area (Å²) in [6.07, 6.45) is 3.42. The summed E-state index contributed by atoms with van der Waals surface area (Å²) in [6.45, 7) is 1.68. The van der Waals surface area contributed by atoms with Crippen molar-refractivity contribution < 1.29 is 9.59 Å². The zero-order valence-electron chi connectivity index (χ0n) is 8.74. The minimum Gasteiger partial charge on any atom is -0.368 e. The van der Waals surface area contributed by atoms with E-state index in [4.69, 9.17) is 5.73 Å². The highest BCUT2D eigenvalue weighted by Crippen LogP contribution is 2.20. The summed E-state index contributed by atoms with van der Waals surface area (Å²) in [7, 11) is 0. The van der Waals surface area contributed by atoms with Crippen LogP contribution in [0.4, 0.5) is 0 Å². The van der Waals surface area contributed by atoms with Crippen LogP contribution in [0.15, 0.2) is 0 Å². The average Bonchev–Trinajstić information content (AvgIpc) is 2.52. The SMILES string of the molecule is NC(=O)C1CCN1C(=O)C[C@H]1CCCN1. The molecule has 1 unspecified atom stereocenters. The van der Waals surface area contributed by atoms with Crippen LogP contribution in [0.5, 0.6) is 0 Å². The molecule has 0 aromatic rings. The molecular formula is C10H17N3O2. The minimum absolute atomic E-state index is 0.0597. The third-order valence-corrected chi connectivity index (χ3v) is 3.25. The van der Waals surface area contributed by atoms with Gasteiger partial charge in [-0.05, 0) is 25.8 Å². The number of nitrogens with two attached hydrogens (primary N) is 1. The van der Waals surface area contributed by atoms with Gasteiger partial charge in [0.2, 0.25) is 11.8 Å². The van der Waals surface area contributed by atoms with Crippen molar-refractivity contribution >= 4 is 11.8 Å². The van der Waals surface area contributed by atoms with Gasteiger partial charge in [0, 0.05) is 19.0 Å². The average molecular weight is 211 g/mol. The van der Waals surface area contributed by atoms with Gasteiger partial charge in [0.25, 0.3) is 0 Å². The summed E-state index contributed by atoms with van der Waals surface area (Å²) in [6, 6.07) is -0.0504. The van der Waals surface area contributed by atoms with Gasteiger partial charge >= 0.3 is 0 Å². The second-order valence-corrected chi connectivity index (χ2v) is 4.29. The maximum atomic E-state index is 11.8. The first-order valence-electron chi connectivity index (χ1n) is 5.50. The molecule has 0 aromatic heterocycles. The number of amides is 2. The molecule has 0 aliphatic carbocycles. The summed E-state index contributed by atoms with van der Waals surface area (Å²) in [5, 5.41) is 3.27. The van der Waals surface area contributed by atoms with Crippen molar-refractivity contribution in [1.82, 2.24) is 10.2 Å². The van der Waals surface area contributed by atoms with Crippen LogP contribution in [0.25, 0.3) is 0 Å². The molecule has 5 nitrogen and oxygen atoms in total. The number of likely N-dealkylation sites (tertiary alicyclic amines) is 1. The first-order valence-corrected chi connectivity index (χ1v) is 5.50. The molecule has 2 amide bonds. The number of nitrogens with zero attached hydrogens (tertiary/aromatic N) is 1. The number of carbonyl (C=O) groups is 2. The van der Waals surface area contributed by atoms with E-state index in [0.717, 1.165) is 25.8 Å². The largest absolute Gasteiger partial charge is 0.368 e. The maximum Gasteiger partial charge on any atom is 0.240 e. The Morgan fingerprint density at radius 2 is 2.20 bits per heavy atom. The molecule has 0 bridgehead atoms. The zero-order valence-corrected chi connectivity index (χ0v) is 8.74. The highest BCUT2D eigenvalue weighted by atomic mass is 16.2. The normalized spacial score (nSPS) is 30.0. The Labute approximate surface area is 89.0 Å². The first kappa shape index (κ1) is 10.4. The molecule has 84 valence electrons. The fourth-order valence-corrected chi connectivity index (χ4v) is 2.24. The highest BCUT2D eigenvalue weighted by Gasteiger charge is 2.36. The van der Waals surface area contributed by atoms with Gasteiger partial charge in [-0.2, -0.15) is 0 Å². The summed E-state index contributed by atoms with van der Waals surface area (Å²) >= 11 is 0. The van der Waals surface area contributed by atoms with Gasteiger partial charge in [-0.15, -0.1) is 0 Å². The Hall–Kier alpha value is -1.10. The molecule has 3 N–H and O–H groups in total. The van der Waals surface area contributed by atoms with Gasteiger partial charge in [-0.25, -0.2) is 0 Å². The van der Waals surface area contributed by atoms with Crippen molar-refractivity contribution in [2.45, 2.75) is 37.8 Å². The van der Waals surface area contributed by atoms with Crippen LogP contribution < -0.4 is 11.1 Å². The molecule has 2 aliphatic rings. The molecule has 0 radical (unpaired) electrons. The van der Waals surface area contributed by atoms with E-state index < -0.39 is 0 Å². The van der Waals surface area contributed by atoms with Crippen LogP contribution >= 0.6 is 0 Å². The number of carbonyl (C=O) groups excluding carboxylic acids is 2. The fourth-order valence-electron chi connectivity index (χ4n) is 2.24. The molecule has 15 heavy (non-hydrogen) atoms. The fraction of sp³-hybridized carbons (Fsp3) is 0.800. The Morgan fingerprint density at radius 3 is 2.67 bits per heavy atom. The van der Waals surface area contributed by atoms with Gasteiger partial charge < -0.3 is 16.0 Å². The van der Waals surface area contributed by atoms with E-state index in [-0.39, 0.29) is 17.9 Å². The first-order chi connectivity index (χ1) is 7.18. The molecule has 2 atom stereocenters. The molecule has 0 spiro atoms. The lowest BCUT2D eigenvalue weighted by atomic mass is 10.0. The van der Waals surface area contributed by atoms with Crippen LogP contribution in [0.1, 0.15) is 25.7 Å². The third-order valence-electron chi connectivity index (χ3n) is 3.25. The molecular weight excluding hydrogens is 194 g/mol. The topological polar surface area (TPSA) is 75.4 Å². The second-order valence-electron chi connectivity index (χ2n) is 4.29. The Kier molecular flexibility index (Phi) is 2.90. The Morgan fingerprint density at radius 1 is 1.40 bits per heavy atom. The monoisotopic (exact) mass is 211 g/mol. The number of nitrogens with one attached hydrogen (secondary N) is 1. The van der Waals surface area contributed by atoms with Crippen molar-refractivity contribution in [2.75, 3.05) is 13.1 Å². The quantitative estimate of drug-likeness (QED) is 0.642. The van der Waals surface area contributed by atoms with E-state index in [1.807, 2.05) is 0 Å². The smallest absolute Gasteiger partial charge is 0.240 e. The maximum absolute atomic E-state index is 11.8. The minimum atomic E-state index is -0.381. The van der Waals surface area contributed by atoms with Gasteiger partial charge in [-0.3, -0.25) is 9.59 Å². The summed E-state index contributed by atoms with van der Waals surface area (Å²) in [5.74, 6) is -0.321. The lowest BCUT2D eigenvalue weighted by Crippen LogP contribution is -2.57. The molecule has 2 rings (SSSR count). The number of hydrogen-bond acceptors (Lipinski definition) is 3. The van der Waals surface area contributed by atoms with Crippen molar-refractivity contribution in [3.8, 4) is 0 Å². The third kappa shape index (κ3) is 2.12. The van der Waals surface area contributed by atoms with E-state index >= 15 is 0 Å². The predicted octanol–water partition coefficient (Wildman–Crippen LogP) is -0.785. The van der Waals surface area contributed by atoms with E-state index in [1.54, 1.807) is 4.90 Å². The van der Waals surface area contributed by atoms with Crippen LogP contribution in [-0.4, -0.2) is 41.9 Å². The second kappa shape index (κ2) is 4.18. The van der Waals surface area contributed by atoms with Crippen LogP contribution in [0, 0.1) is 0 Å². The summed E-state index contributed by atoms with van der Waals surface area (Å²) in [5.41, 5.74) is 5.19. The highest BCUT2D eigenvalue weighted by molar-refractivity contribution is 5.88. The Balaban J connectivity index is 1.82. The Bertz CT molecular complexity index is 274. The summed E-state index contributed by atoms with van der Waals surface area (Å²) < 4.78 is 0. The molecule has 2 heterocycles. The number of primary amides is 1. The van der Waals surface area contributed by atoms with Gasteiger partial charge in [-0.1, -0.05) is 0 Å². The molecule has 0 saturated carbocycles. The van der Waals surface area contributed by atoms with Crippen molar-refractivity contribution in [3.63, 3.8) is 0 Å². The molecule has 2 fully saturated rings. The van der Waals surface area contributed by atoms with Gasteiger partial charge in [0.05, 0.1) is 0 Å². The van der Waals surface area contributed by atoms with Crippen molar-refractivity contribution in [2.24, 2.45) is 5.73 Å². The van der Waals surface area contributed by atoms with Crippen LogP contribution in [-0.2, 0) is 9.59 Å². The number of rotatable bonds is 3. The van der Waals surface area contributed by atoms with E-state index in [0.29, 0.717) is 19.0 Å². The van der Waals surface area contributed by atoms with E-state index in [1.165, 1.54) is 0 Å². The number of hydrogen-bond donors (Lipinski definition) is 2. The lowest BCUT2D eigenvalue weighted by molar-refractivity contribution is -0.146. The molecule has 5 heteroatoms.